The number of carbonyl (C=O) groups excluding carboxylic acids is 1. The van der Waals surface area contributed by atoms with E-state index in [1.54, 1.807) is 6.07 Å². The summed E-state index contributed by atoms with van der Waals surface area (Å²) >= 11 is 0. The SMILES string of the molecule is COC(=O)[C@@]1(c2ccccc2)C[C@@H]1c1cccc([N+](=O)[O-])c1. The van der Waals surface area contributed by atoms with Gasteiger partial charge in [-0.05, 0) is 17.5 Å². The van der Waals surface area contributed by atoms with Crippen LogP contribution in [0.4, 0.5) is 5.69 Å². The molecule has 2 atom stereocenters. The molecule has 0 heterocycles. The minimum Gasteiger partial charge on any atom is -0.468 e. The first-order valence-electron chi connectivity index (χ1n) is 6.98. The van der Waals surface area contributed by atoms with E-state index in [1.165, 1.54) is 19.2 Å². The highest BCUT2D eigenvalue weighted by atomic mass is 16.6. The topological polar surface area (TPSA) is 69.4 Å². The van der Waals surface area contributed by atoms with Crippen LogP contribution in [0.1, 0.15) is 23.5 Å². The molecule has 2 aromatic rings. The van der Waals surface area contributed by atoms with Gasteiger partial charge in [-0.15, -0.1) is 0 Å². The molecule has 0 unspecified atom stereocenters. The Morgan fingerprint density at radius 2 is 1.95 bits per heavy atom. The highest BCUT2D eigenvalue weighted by Crippen LogP contribution is 2.61. The quantitative estimate of drug-likeness (QED) is 0.493. The number of carbonyl (C=O) groups is 1. The molecule has 0 saturated heterocycles. The first kappa shape index (κ1) is 14.3. The van der Waals surface area contributed by atoms with Gasteiger partial charge < -0.3 is 4.74 Å². The molecule has 1 aliphatic carbocycles. The molecule has 0 aliphatic heterocycles. The maximum atomic E-state index is 12.3. The second-order valence-electron chi connectivity index (χ2n) is 5.44. The number of nitro benzene ring substituents is 1. The van der Waals surface area contributed by atoms with Crippen molar-refractivity contribution >= 4 is 11.7 Å². The maximum absolute atomic E-state index is 12.3. The summed E-state index contributed by atoms with van der Waals surface area (Å²) in [6, 6.07) is 15.9. The number of rotatable bonds is 4. The zero-order valence-electron chi connectivity index (χ0n) is 12.1. The van der Waals surface area contributed by atoms with Gasteiger partial charge in [0.25, 0.3) is 5.69 Å². The number of non-ortho nitro benzene ring substituents is 1. The fourth-order valence-electron chi connectivity index (χ4n) is 3.10. The van der Waals surface area contributed by atoms with E-state index in [0.717, 1.165) is 11.1 Å². The Kier molecular flexibility index (Phi) is 3.41. The second kappa shape index (κ2) is 5.26. The van der Waals surface area contributed by atoms with E-state index in [2.05, 4.69) is 0 Å². The van der Waals surface area contributed by atoms with E-state index in [1.807, 2.05) is 36.4 Å². The van der Waals surface area contributed by atoms with Crippen LogP contribution in [-0.2, 0) is 14.9 Å². The van der Waals surface area contributed by atoms with Crippen molar-refractivity contribution in [3.63, 3.8) is 0 Å². The lowest BCUT2D eigenvalue weighted by atomic mass is 9.90. The highest BCUT2D eigenvalue weighted by molar-refractivity contribution is 5.89. The average molecular weight is 297 g/mol. The van der Waals surface area contributed by atoms with E-state index in [0.29, 0.717) is 6.42 Å². The van der Waals surface area contributed by atoms with Crippen molar-refractivity contribution in [3.8, 4) is 0 Å². The number of esters is 1. The predicted molar refractivity (Wildman–Crippen MR) is 80.6 cm³/mol. The van der Waals surface area contributed by atoms with Crippen LogP contribution in [0, 0.1) is 10.1 Å². The molecule has 0 N–H and O–H groups in total. The second-order valence-corrected chi connectivity index (χ2v) is 5.44. The van der Waals surface area contributed by atoms with Crippen LogP contribution in [-0.4, -0.2) is 18.0 Å². The smallest absolute Gasteiger partial charge is 0.316 e. The molecule has 5 nitrogen and oxygen atoms in total. The lowest BCUT2D eigenvalue weighted by Gasteiger charge is -2.15. The van der Waals surface area contributed by atoms with Crippen molar-refractivity contribution in [1.29, 1.82) is 0 Å². The zero-order valence-corrected chi connectivity index (χ0v) is 12.1. The Labute approximate surface area is 127 Å². The Bertz CT molecular complexity index is 728. The molecule has 2 aromatic carbocycles. The Balaban J connectivity index is 2.01. The lowest BCUT2D eigenvalue weighted by Crippen LogP contribution is -2.24. The number of ether oxygens (including phenoxy) is 1. The summed E-state index contributed by atoms with van der Waals surface area (Å²) in [5.41, 5.74) is 0.989. The summed E-state index contributed by atoms with van der Waals surface area (Å²) in [5, 5.41) is 10.9. The monoisotopic (exact) mass is 297 g/mol. The van der Waals surface area contributed by atoms with Crippen molar-refractivity contribution in [2.45, 2.75) is 17.8 Å². The van der Waals surface area contributed by atoms with E-state index >= 15 is 0 Å². The van der Waals surface area contributed by atoms with Crippen LogP contribution >= 0.6 is 0 Å². The molecular weight excluding hydrogens is 282 g/mol. The van der Waals surface area contributed by atoms with Crippen LogP contribution in [0.2, 0.25) is 0 Å². The molecule has 0 radical (unpaired) electrons. The van der Waals surface area contributed by atoms with Gasteiger partial charge >= 0.3 is 5.97 Å². The van der Waals surface area contributed by atoms with Crippen LogP contribution in [0.3, 0.4) is 0 Å². The summed E-state index contributed by atoms with van der Waals surface area (Å²) in [5.74, 6) is -0.391. The number of methoxy groups -OCH3 is 1. The third kappa shape index (κ3) is 2.15. The molecule has 0 aromatic heterocycles. The summed E-state index contributed by atoms with van der Waals surface area (Å²) < 4.78 is 4.99. The standard InChI is InChI=1S/C17H15NO4/c1-22-16(19)17(13-7-3-2-4-8-13)11-15(17)12-6-5-9-14(10-12)18(20)21/h2-10,15H,11H2,1H3/t15-,17-/m1/s1. The summed E-state index contributed by atoms with van der Waals surface area (Å²) in [7, 11) is 1.37. The van der Waals surface area contributed by atoms with Crippen molar-refractivity contribution in [2.24, 2.45) is 0 Å². The molecule has 1 saturated carbocycles. The van der Waals surface area contributed by atoms with Crippen LogP contribution in [0.5, 0.6) is 0 Å². The van der Waals surface area contributed by atoms with Crippen molar-refractivity contribution in [3.05, 3.63) is 75.8 Å². The number of nitrogens with zero attached hydrogens (tertiary/aromatic N) is 1. The maximum Gasteiger partial charge on any atom is 0.316 e. The van der Waals surface area contributed by atoms with Crippen molar-refractivity contribution in [2.75, 3.05) is 7.11 Å². The third-order valence-electron chi connectivity index (χ3n) is 4.28. The third-order valence-corrected chi connectivity index (χ3v) is 4.28. The number of nitro groups is 1. The molecule has 5 heteroatoms. The molecule has 0 amide bonds. The van der Waals surface area contributed by atoms with Gasteiger partial charge in [0.2, 0.25) is 0 Å². The van der Waals surface area contributed by atoms with Gasteiger partial charge in [0, 0.05) is 18.1 Å². The summed E-state index contributed by atoms with van der Waals surface area (Å²) in [6.07, 6.45) is 0.602. The largest absolute Gasteiger partial charge is 0.468 e. The number of hydrogen-bond acceptors (Lipinski definition) is 4. The molecule has 1 aliphatic rings. The fraction of sp³-hybridized carbons (Fsp3) is 0.235. The predicted octanol–water partition coefficient (Wildman–Crippen LogP) is 3.19. The first-order valence-corrected chi connectivity index (χ1v) is 6.98. The number of benzene rings is 2. The van der Waals surface area contributed by atoms with E-state index in [9.17, 15) is 14.9 Å². The minimum absolute atomic E-state index is 0.0382. The zero-order chi connectivity index (χ0) is 15.7. The van der Waals surface area contributed by atoms with E-state index in [4.69, 9.17) is 4.74 Å². The molecule has 0 bridgehead atoms. The molecule has 112 valence electrons. The van der Waals surface area contributed by atoms with E-state index in [-0.39, 0.29) is 17.6 Å². The minimum atomic E-state index is -0.731. The van der Waals surface area contributed by atoms with Gasteiger partial charge in [0.1, 0.15) is 5.41 Å². The van der Waals surface area contributed by atoms with E-state index < -0.39 is 10.3 Å². The molecule has 0 spiro atoms. The Hall–Kier alpha value is -2.69. The molecule has 1 fully saturated rings. The first-order chi connectivity index (χ1) is 10.6. The van der Waals surface area contributed by atoms with Crippen LogP contribution < -0.4 is 0 Å². The van der Waals surface area contributed by atoms with Gasteiger partial charge in [0.05, 0.1) is 12.0 Å². The Morgan fingerprint density at radius 1 is 1.23 bits per heavy atom. The van der Waals surface area contributed by atoms with Gasteiger partial charge in [0.15, 0.2) is 0 Å². The normalized spacial score (nSPS) is 22.9. The number of hydrogen-bond donors (Lipinski definition) is 0. The van der Waals surface area contributed by atoms with Gasteiger partial charge in [-0.2, -0.15) is 0 Å². The summed E-state index contributed by atoms with van der Waals surface area (Å²) in [6.45, 7) is 0. The fourth-order valence-corrected chi connectivity index (χ4v) is 3.10. The van der Waals surface area contributed by atoms with Crippen LogP contribution in [0.15, 0.2) is 54.6 Å². The van der Waals surface area contributed by atoms with Crippen LogP contribution in [0.25, 0.3) is 0 Å². The summed E-state index contributed by atoms with van der Waals surface area (Å²) in [4.78, 5) is 22.9. The van der Waals surface area contributed by atoms with Gasteiger partial charge in [-0.1, -0.05) is 42.5 Å². The van der Waals surface area contributed by atoms with Gasteiger partial charge in [-0.25, -0.2) is 0 Å². The highest BCUT2D eigenvalue weighted by Gasteiger charge is 2.62. The molecule has 3 rings (SSSR count). The van der Waals surface area contributed by atoms with Crippen molar-refractivity contribution < 1.29 is 14.5 Å². The lowest BCUT2D eigenvalue weighted by molar-refractivity contribution is -0.384. The van der Waals surface area contributed by atoms with Gasteiger partial charge in [-0.3, -0.25) is 14.9 Å². The molecular formula is C17H15NO4. The molecule has 22 heavy (non-hydrogen) atoms. The van der Waals surface area contributed by atoms with Crippen molar-refractivity contribution in [1.82, 2.24) is 0 Å². The average Bonchev–Trinajstić information content (AvgIpc) is 3.32. The Morgan fingerprint density at radius 3 is 2.59 bits per heavy atom.